The number of hydrogen-bond donors (Lipinski definition) is 2. The molecule has 2 heterocycles. The molecule has 7 heteroatoms. The third-order valence-corrected chi connectivity index (χ3v) is 5.92. The summed E-state index contributed by atoms with van der Waals surface area (Å²) in [7, 11) is 0. The molecule has 2 amide bonds. The molecule has 2 aliphatic heterocycles. The van der Waals surface area contributed by atoms with Crippen molar-refractivity contribution in [1.82, 2.24) is 9.80 Å². The largest absolute Gasteiger partial charge is 0.480 e. The van der Waals surface area contributed by atoms with E-state index in [1.807, 2.05) is 20.8 Å². The fourth-order valence-corrected chi connectivity index (χ4v) is 4.32. The van der Waals surface area contributed by atoms with Crippen LogP contribution in [0.5, 0.6) is 0 Å². The Morgan fingerprint density at radius 3 is 2.52 bits per heavy atom. The van der Waals surface area contributed by atoms with E-state index in [2.05, 4.69) is 0 Å². The Labute approximate surface area is 129 Å². The van der Waals surface area contributed by atoms with Crippen LogP contribution < -0.4 is 0 Å². The lowest BCUT2D eigenvalue weighted by Crippen LogP contribution is -2.56. The molecule has 0 radical (unpaired) electrons. The molecule has 0 aromatic heterocycles. The summed E-state index contributed by atoms with van der Waals surface area (Å²) >= 11 is 1.52. The number of urea groups is 1. The summed E-state index contributed by atoms with van der Waals surface area (Å²) in [5.74, 6) is -0.156. The SMILES string of the molecule is CC(C)C1SCC(C(=O)O)N1C(=O)N1CCC(C)C(O)C1. The number of thioether (sulfide) groups is 1. The van der Waals surface area contributed by atoms with Crippen LogP contribution in [0.3, 0.4) is 0 Å². The average molecular weight is 316 g/mol. The highest BCUT2D eigenvalue weighted by atomic mass is 32.2. The van der Waals surface area contributed by atoms with Gasteiger partial charge in [-0.2, -0.15) is 0 Å². The molecule has 6 nitrogen and oxygen atoms in total. The predicted molar refractivity (Wildman–Crippen MR) is 81.1 cm³/mol. The van der Waals surface area contributed by atoms with Crippen molar-refractivity contribution in [1.29, 1.82) is 0 Å². The fraction of sp³-hybridized carbons (Fsp3) is 0.857. The molecular formula is C14H24N2O4S. The molecule has 2 rings (SSSR count). The Bertz CT molecular complexity index is 418. The molecule has 0 aromatic carbocycles. The van der Waals surface area contributed by atoms with E-state index in [0.29, 0.717) is 18.8 Å². The van der Waals surface area contributed by atoms with E-state index in [4.69, 9.17) is 0 Å². The standard InChI is InChI=1S/C14H24N2O4S/c1-8(2)12-16(10(7-21-12)13(18)19)14(20)15-5-4-9(3)11(17)6-15/h8-12,17H,4-7H2,1-3H3,(H,18,19). The molecule has 0 saturated carbocycles. The van der Waals surface area contributed by atoms with E-state index < -0.39 is 18.1 Å². The first-order chi connectivity index (χ1) is 9.82. The Balaban J connectivity index is 2.15. The van der Waals surface area contributed by atoms with Gasteiger partial charge in [-0.15, -0.1) is 11.8 Å². The average Bonchev–Trinajstić information content (AvgIpc) is 2.86. The zero-order valence-electron chi connectivity index (χ0n) is 12.7. The zero-order chi connectivity index (χ0) is 15.7. The Morgan fingerprint density at radius 2 is 2.00 bits per heavy atom. The van der Waals surface area contributed by atoms with Crippen LogP contribution in [0.4, 0.5) is 4.79 Å². The van der Waals surface area contributed by atoms with Gasteiger partial charge in [-0.25, -0.2) is 9.59 Å². The Kier molecular flexibility index (Phi) is 5.03. The number of carboxylic acid groups (broad SMARTS) is 1. The van der Waals surface area contributed by atoms with Gasteiger partial charge in [0.1, 0.15) is 6.04 Å². The number of amides is 2. The molecular weight excluding hydrogens is 292 g/mol. The van der Waals surface area contributed by atoms with Crippen LogP contribution in [0, 0.1) is 11.8 Å². The number of β-amino-alcohol motifs (C(OH)–C–C–N with tert-alkyl or cyclic N) is 1. The predicted octanol–water partition coefficient (Wildman–Crippen LogP) is 1.29. The highest BCUT2D eigenvalue weighted by Crippen LogP contribution is 2.35. The van der Waals surface area contributed by atoms with E-state index in [9.17, 15) is 19.8 Å². The maximum absolute atomic E-state index is 12.7. The summed E-state index contributed by atoms with van der Waals surface area (Å²) < 4.78 is 0. The third kappa shape index (κ3) is 3.29. The van der Waals surface area contributed by atoms with Crippen LogP contribution in [0.2, 0.25) is 0 Å². The summed E-state index contributed by atoms with van der Waals surface area (Å²) in [5, 5.41) is 19.2. The van der Waals surface area contributed by atoms with Crippen molar-refractivity contribution in [3.05, 3.63) is 0 Å². The smallest absolute Gasteiger partial charge is 0.327 e. The van der Waals surface area contributed by atoms with Gasteiger partial charge >= 0.3 is 12.0 Å². The van der Waals surface area contributed by atoms with Gasteiger partial charge in [0.05, 0.1) is 11.5 Å². The van der Waals surface area contributed by atoms with Gasteiger partial charge in [-0.3, -0.25) is 4.90 Å². The first kappa shape index (κ1) is 16.4. The van der Waals surface area contributed by atoms with Crippen LogP contribution >= 0.6 is 11.8 Å². The van der Waals surface area contributed by atoms with Gasteiger partial charge in [0.15, 0.2) is 0 Å². The number of carboxylic acids is 1. The van der Waals surface area contributed by atoms with Crippen molar-refractivity contribution >= 4 is 23.8 Å². The first-order valence-corrected chi connectivity index (χ1v) is 8.47. The minimum absolute atomic E-state index is 0.116. The minimum Gasteiger partial charge on any atom is -0.480 e. The highest BCUT2D eigenvalue weighted by molar-refractivity contribution is 8.00. The van der Waals surface area contributed by atoms with Crippen LogP contribution in [0.25, 0.3) is 0 Å². The summed E-state index contributed by atoms with van der Waals surface area (Å²) in [6.45, 7) is 6.83. The van der Waals surface area contributed by atoms with Crippen molar-refractivity contribution < 1.29 is 19.8 Å². The van der Waals surface area contributed by atoms with E-state index in [1.54, 1.807) is 4.90 Å². The van der Waals surface area contributed by atoms with Crippen molar-refractivity contribution in [3.8, 4) is 0 Å². The van der Waals surface area contributed by atoms with Gasteiger partial charge in [0, 0.05) is 18.8 Å². The van der Waals surface area contributed by atoms with E-state index in [1.165, 1.54) is 16.7 Å². The van der Waals surface area contributed by atoms with Gasteiger partial charge in [-0.05, 0) is 18.3 Å². The van der Waals surface area contributed by atoms with Gasteiger partial charge < -0.3 is 15.1 Å². The molecule has 21 heavy (non-hydrogen) atoms. The second-order valence-electron chi connectivity index (χ2n) is 6.29. The van der Waals surface area contributed by atoms with Gasteiger partial charge in [0.25, 0.3) is 0 Å². The lowest BCUT2D eigenvalue weighted by Gasteiger charge is -2.39. The number of likely N-dealkylation sites (tertiary alicyclic amines) is 1. The van der Waals surface area contributed by atoms with Crippen molar-refractivity contribution in [2.75, 3.05) is 18.8 Å². The van der Waals surface area contributed by atoms with Crippen molar-refractivity contribution in [3.63, 3.8) is 0 Å². The Hall–Kier alpha value is -0.950. The second kappa shape index (κ2) is 6.44. The quantitative estimate of drug-likeness (QED) is 0.802. The lowest BCUT2D eigenvalue weighted by molar-refractivity contribution is -0.141. The van der Waals surface area contributed by atoms with Crippen LogP contribution in [0.15, 0.2) is 0 Å². The summed E-state index contributed by atoms with van der Waals surface area (Å²) in [4.78, 5) is 27.3. The zero-order valence-corrected chi connectivity index (χ0v) is 13.5. The maximum Gasteiger partial charge on any atom is 0.327 e. The first-order valence-electron chi connectivity index (χ1n) is 7.42. The molecule has 0 bridgehead atoms. The number of rotatable bonds is 2. The molecule has 0 spiro atoms. The maximum atomic E-state index is 12.7. The number of piperidine rings is 1. The molecule has 2 fully saturated rings. The monoisotopic (exact) mass is 316 g/mol. The van der Waals surface area contributed by atoms with E-state index >= 15 is 0 Å². The molecule has 2 N–H and O–H groups in total. The van der Waals surface area contributed by atoms with Gasteiger partial charge in [0.2, 0.25) is 0 Å². The van der Waals surface area contributed by atoms with E-state index in [0.717, 1.165) is 6.42 Å². The number of carbonyl (C=O) groups excluding carboxylic acids is 1. The Morgan fingerprint density at radius 1 is 1.33 bits per heavy atom. The van der Waals surface area contributed by atoms with Gasteiger partial charge in [-0.1, -0.05) is 20.8 Å². The molecule has 2 saturated heterocycles. The third-order valence-electron chi connectivity index (χ3n) is 4.30. The van der Waals surface area contributed by atoms with E-state index in [-0.39, 0.29) is 23.2 Å². The number of aliphatic hydroxyl groups is 1. The highest BCUT2D eigenvalue weighted by Gasteiger charge is 2.45. The molecule has 4 unspecified atom stereocenters. The topological polar surface area (TPSA) is 81.1 Å². The number of carbonyl (C=O) groups is 2. The van der Waals surface area contributed by atoms with Crippen LogP contribution in [0.1, 0.15) is 27.2 Å². The molecule has 0 aliphatic carbocycles. The van der Waals surface area contributed by atoms with Crippen molar-refractivity contribution in [2.24, 2.45) is 11.8 Å². The fourth-order valence-electron chi connectivity index (χ4n) is 2.86. The number of hydrogen-bond acceptors (Lipinski definition) is 4. The number of aliphatic carboxylic acids is 1. The lowest BCUT2D eigenvalue weighted by atomic mass is 9.96. The van der Waals surface area contributed by atoms with Crippen LogP contribution in [-0.2, 0) is 4.79 Å². The second-order valence-corrected chi connectivity index (χ2v) is 7.44. The van der Waals surface area contributed by atoms with Crippen molar-refractivity contribution in [2.45, 2.75) is 44.7 Å². The minimum atomic E-state index is -0.954. The molecule has 120 valence electrons. The molecule has 2 aliphatic rings. The number of nitrogens with zero attached hydrogens (tertiary/aromatic N) is 2. The normalized spacial score (nSPS) is 33.6. The number of aliphatic hydroxyl groups excluding tert-OH is 1. The summed E-state index contributed by atoms with van der Waals surface area (Å²) in [5.41, 5.74) is 0. The summed E-state index contributed by atoms with van der Waals surface area (Å²) in [6, 6.07) is -1.02. The molecule has 0 aromatic rings. The van der Waals surface area contributed by atoms with Crippen LogP contribution in [-0.4, -0.2) is 68.4 Å². The summed E-state index contributed by atoms with van der Waals surface area (Å²) in [6.07, 6.45) is 0.219. The molecule has 4 atom stereocenters.